The number of nitrogens with zero attached hydrogens (tertiary/aromatic N) is 1. The van der Waals surface area contributed by atoms with Gasteiger partial charge in [0.25, 0.3) is 0 Å². The zero-order valence-electron chi connectivity index (χ0n) is 10.6. The summed E-state index contributed by atoms with van der Waals surface area (Å²) < 4.78 is 13.6. The number of hydrogen-bond acceptors (Lipinski definition) is 3. The summed E-state index contributed by atoms with van der Waals surface area (Å²) in [5.41, 5.74) is 2.07. The lowest BCUT2D eigenvalue weighted by atomic mass is 10.2. The molecule has 0 saturated carbocycles. The maximum atomic E-state index is 13.6. The fourth-order valence-corrected chi connectivity index (χ4v) is 3.03. The van der Waals surface area contributed by atoms with E-state index in [4.69, 9.17) is 23.2 Å². The van der Waals surface area contributed by atoms with Crippen molar-refractivity contribution < 1.29 is 4.39 Å². The maximum absolute atomic E-state index is 13.6. The molecule has 21 heavy (non-hydrogen) atoms. The smallest absolute Gasteiger partial charge is 0.187 e. The number of nitrogens with one attached hydrogen (secondary N) is 1. The lowest BCUT2D eigenvalue weighted by Gasteiger charge is -2.03. The van der Waals surface area contributed by atoms with Gasteiger partial charge in [-0.2, -0.15) is 0 Å². The van der Waals surface area contributed by atoms with Crippen LogP contribution in [0.4, 0.5) is 15.2 Å². The molecule has 6 heteroatoms. The molecule has 0 fully saturated rings. The van der Waals surface area contributed by atoms with E-state index in [0.29, 0.717) is 21.4 Å². The third kappa shape index (κ3) is 3.18. The molecule has 0 amide bonds. The van der Waals surface area contributed by atoms with Crippen molar-refractivity contribution in [2.24, 2.45) is 0 Å². The van der Waals surface area contributed by atoms with Crippen molar-refractivity contribution in [3.63, 3.8) is 0 Å². The molecule has 1 heterocycles. The van der Waals surface area contributed by atoms with Crippen LogP contribution < -0.4 is 5.32 Å². The number of anilines is 2. The summed E-state index contributed by atoms with van der Waals surface area (Å²) in [4.78, 5) is 4.42. The van der Waals surface area contributed by atoms with Gasteiger partial charge < -0.3 is 5.32 Å². The molecule has 2 aromatic carbocycles. The van der Waals surface area contributed by atoms with Gasteiger partial charge in [0, 0.05) is 16.6 Å². The van der Waals surface area contributed by atoms with Crippen molar-refractivity contribution in [1.82, 2.24) is 4.98 Å². The highest BCUT2D eigenvalue weighted by Crippen LogP contribution is 2.34. The average molecular weight is 339 g/mol. The Bertz CT molecular complexity index is 775. The van der Waals surface area contributed by atoms with E-state index in [2.05, 4.69) is 10.3 Å². The molecule has 1 N–H and O–H groups in total. The molecule has 3 aromatic rings. The van der Waals surface area contributed by atoms with Crippen molar-refractivity contribution in [2.75, 3.05) is 5.32 Å². The van der Waals surface area contributed by atoms with Gasteiger partial charge in [-0.05, 0) is 24.3 Å². The first kappa shape index (κ1) is 14.3. The number of hydrogen-bond donors (Lipinski definition) is 1. The molecule has 0 unspecified atom stereocenters. The second kappa shape index (κ2) is 6.02. The highest BCUT2D eigenvalue weighted by molar-refractivity contribution is 7.14. The molecule has 0 atom stereocenters. The van der Waals surface area contributed by atoms with Crippen molar-refractivity contribution in [3.8, 4) is 11.3 Å². The molecule has 2 nitrogen and oxygen atoms in total. The minimum Gasteiger partial charge on any atom is -0.332 e. The Hall–Kier alpha value is -1.62. The number of halogens is 3. The molecule has 0 spiro atoms. The Balaban J connectivity index is 1.90. The molecule has 1 aromatic heterocycles. The van der Waals surface area contributed by atoms with Gasteiger partial charge in [0.1, 0.15) is 5.82 Å². The summed E-state index contributed by atoms with van der Waals surface area (Å²) in [6, 6.07) is 12.4. The van der Waals surface area contributed by atoms with Crippen LogP contribution >= 0.6 is 34.5 Å². The SMILES string of the molecule is Fc1cc(-c2csc(Nc3ccccc3)n2)c(Cl)cc1Cl. The minimum atomic E-state index is -0.512. The Morgan fingerprint density at radius 1 is 1.05 bits per heavy atom. The van der Waals surface area contributed by atoms with Crippen LogP contribution in [0.3, 0.4) is 0 Å². The second-order valence-corrected chi connectivity index (χ2v) is 5.95. The standard InChI is InChI=1S/C15H9Cl2FN2S/c16-11-7-12(17)13(18)6-10(11)14-8-21-15(20-14)19-9-4-2-1-3-5-9/h1-8H,(H,19,20). The van der Waals surface area contributed by atoms with Crippen molar-refractivity contribution in [3.05, 3.63) is 63.7 Å². The first-order valence-electron chi connectivity index (χ1n) is 6.06. The fraction of sp³-hybridized carbons (Fsp3) is 0. The van der Waals surface area contributed by atoms with Crippen LogP contribution in [0.2, 0.25) is 10.0 Å². The number of para-hydroxylation sites is 1. The van der Waals surface area contributed by atoms with Crippen LogP contribution in [0.1, 0.15) is 0 Å². The van der Waals surface area contributed by atoms with Gasteiger partial charge in [0.15, 0.2) is 5.13 Å². The van der Waals surface area contributed by atoms with E-state index in [1.54, 1.807) is 0 Å². The molecule has 0 bridgehead atoms. The number of aromatic nitrogens is 1. The van der Waals surface area contributed by atoms with Gasteiger partial charge >= 0.3 is 0 Å². The van der Waals surface area contributed by atoms with Gasteiger partial charge in [-0.1, -0.05) is 41.4 Å². The Morgan fingerprint density at radius 2 is 1.81 bits per heavy atom. The van der Waals surface area contributed by atoms with E-state index < -0.39 is 5.82 Å². The summed E-state index contributed by atoms with van der Waals surface area (Å²) >= 11 is 13.2. The third-order valence-corrected chi connectivity index (χ3v) is 4.18. The summed E-state index contributed by atoms with van der Waals surface area (Å²) in [6.07, 6.45) is 0. The molecule has 0 aliphatic heterocycles. The largest absolute Gasteiger partial charge is 0.332 e. The zero-order valence-corrected chi connectivity index (χ0v) is 12.9. The van der Waals surface area contributed by atoms with Gasteiger partial charge in [-0.25, -0.2) is 9.37 Å². The molecular formula is C15H9Cl2FN2S. The summed E-state index contributed by atoms with van der Waals surface area (Å²) in [5.74, 6) is -0.512. The normalized spacial score (nSPS) is 10.6. The quantitative estimate of drug-likeness (QED) is 0.592. The van der Waals surface area contributed by atoms with Crippen LogP contribution in [0, 0.1) is 5.82 Å². The van der Waals surface area contributed by atoms with E-state index in [9.17, 15) is 4.39 Å². The fourth-order valence-electron chi connectivity index (χ4n) is 1.82. The lowest BCUT2D eigenvalue weighted by Crippen LogP contribution is -1.89. The summed E-state index contributed by atoms with van der Waals surface area (Å²) in [6.45, 7) is 0. The highest BCUT2D eigenvalue weighted by Gasteiger charge is 2.12. The van der Waals surface area contributed by atoms with Crippen LogP contribution in [-0.2, 0) is 0 Å². The molecule has 106 valence electrons. The van der Waals surface area contributed by atoms with Crippen LogP contribution in [-0.4, -0.2) is 4.98 Å². The van der Waals surface area contributed by atoms with E-state index >= 15 is 0 Å². The Morgan fingerprint density at radius 3 is 2.57 bits per heavy atom. The Kier molecular flexibility index (Phi) is 4.10. The molecular weight excluding hydrogens is 330 g/mol. The van der Waals surface area contributed by atoms with Gasteiger partial charge in [0.2, 0.25) is 0 Å². The molecule has 0 aliphatic carbocycles. The monoisotopic (exact) mass is 338 g/mol. The van der Waals surface area contributed by atoms with Gasteiger partial charge in [-0.15, -0.1) is 11.3 Å². The van der Waals surface area contributed by atoms with Crippen molar-refractivity contribution >= 4 is 45.4 Å². The number of rotatable bonds is 3. The maximum Gasteiger partial charge on any atom is 0.187 e. The van der Waals surface area contributed by atoms with E-state index in [0.717, 1.165) is 5.69 Å². The first-order chi connectivity index (χ1) is 10.1. The predicted molar refractivity (Wildman–Crippen MR) is 87.3 cm³/mol. The molecule has 0 aliphatic rings. The third-order valence-electron chi connectivity index (χ3n) is 2.82. The van der Waals surface area contributed by atoms with Gasteiger partial charge in [-0.3, -0.25) is 0 Å². The van der Waals surface area contributed by atoms with E-state index in [1.807, 2.05) is 35.7 Å². The summed E-state index contributed by atoms with van der Waals surface area (Å²) in [5, 5.41) is 6.09. The summed E-state index contributed by atoms with van der Waals surface area (Å²) in [7, 11) is 0. The zero-order chi connectivity index (χ0) is 14.8. The molecule has 3 rings (SSSR count). The van der Waals surface area contributed by atoms with Crippen LogP contribution in [0.5, 0.6) is 0 Å². The van der Waals surface area contributed by atoms with E-state index in [1.165, 1.54) is 23.5 Å². The topological polar surface area (TPSA) is 24.9 Å². The number of benzene rings is 2. The van der Waals surface area contributed by atoms with Crippen molar-refractivity contribution in [1.29, 1.82) is 0 Å². The van der Waals surface area contributed by atoms with Crippen LogP contribution in [0.25, 0.3) is 11.3 Å². The second-order valence-electron chi connectivity index (χ2n) is 4.28. The molecule has 0 radical (unpaired) electrons. The minimum absolute atomic E-state index is 0.00149. The van der Waals surface area contributed by atoms with E-state index in [-0.39, 0.29) is 5.02 Å². The van der Waals surface area contributed by atoms with Gasteiger partial charge in [0.05, 0.1) is 15.7 Å². The van der Waals surface area contributed by atoms with Crippen molar-refractivity contribution in [2.45, 2.75) is 0 Å². The Labute approximate surface area is 135 Å². The number of thiazole rings is 1. The lowest BCUT2D eigenvalue weighted by molar-refractivity contribution is 0.629. The average Bonchev–Trinajstić information content (AvgIpc) is 2.92. The van der Waals surface area contributed by atoms with Crippen LogP contribution in [0.15, 0.2) is 47.8 Å². The highest BCUT2D eigenvalue weighted by atomic mass is 35.5. The predicted octanol–water partition coefficient (Wildman–Crippen LogP) is 6.00. The first-order valence-corrected chi connectivity index (χ1v) is 7.69. The molecule has 0 saturated heterocycles.